The summed E-state index contributed by atoms with van der Waals surface area (Å²) in [5, 5.41) is 22.8. The minimum atomic E-state index is -0.576. The van der Waals surface area contributed by atoms with Gasteiger partial charge < -0.3 is 5.32 Å². The molecule has 0 aromatic heterocycles. The van der Waals surface area contributed by atoms with Gasteiger partial charge in [-0.1, -0.05) is 11.6 Å². The maximum Gasteiger partial charge on any atom is 0.269 e. The molecule has 0 aliphatic carbocycles. The maximum atomic E-state index is 12.1. The van der Waals surface area contributed by atoms with E-state index < -0.39 is 10.8 Å². The number of anilines is 1. The fourth-order valence-corrected chi connectivity index (χ4v) is 1.87. The van der Waals surface area contributed by atoms with Crippen LogP contribution in [0.2, 0.25) is 5.02 Å². The van der Waals surface area contributed by atoms with E-state index in [-0.39, 0.29) is 11.3 Å². The number of carbonyl (C=O) groups is 1. The van der Waals surface area contributed by atoms with Crippen LogP contribution in [0.15, 0.2) is 54.1 Å². The minimum Gasteiger partial charge on any atom is -0.321 e. The summed E-state index contributed by atoms with van der Waals surface area (Å²) in [5.74, 6) is -0.576. The van der Waals surface area contributed by atoms with Crippen molar-refractivity contribution < 1.29 is 9.72 Å². The molecule has 7 heteroatoms. The number of hydrogen-bond acceptors (Lipinski definition) is 4. The zero-order valence-electron chi connectivity index (χ0n) is 11.7. The van der Waals surface area contributed by atoms with Gasteiger partial charge in [0.05, 0.1) is 4.92 Å². The molecule has 0 saturated heterocycles. The van der Waals surface area contributed by atoms with E-state index in [1.807, 2.05) is 6.07 Å². The number of rotatable bonds is 4. The Hall–Kier alpha value is -3.17. The summed E-state index contributed by atoms with van der Waals surface area (Å²) in [6, 6.07) is 13.8. The Labute approximate surface area is 136 Å². The largest absolute Gasteiger partial charge is 0.321 e. The number of nitro benzene ring substituents is 1. The first kappa shape index (κ1) is 16.2. The molecule has 0 aliphatic rings. The fraction of sp³-hybridized carbons (Fsp3) is 0. The number of carbonyl (C=O) groups excluding carboxylic acids is 1. The van der Waals surface area contributed by atoms with E-state index in [1.165, 1.54) is 30.3 Å². The Balaban J connectivity index is 2.17. The number of nitrogens with one attached hydrogen (secondary N) is 1. The Morgan fingerprint density at radius 2 is 1.78 bits per heavy atom. The monoisotopic (exact) mass is 327 g/mol. The van der Waals surface area contributed by atoms with Crippen LogP contribution >= 0.6 is 11.6 Å². The molecule has 0 saturated carbocycles. The normalized spacial score (nSPS) is 10.7. The Kier molecular flexibility index (Phi) is 5.07. The van der Waals surface area contributed by atoms with Gasteiger partial charge in [0.25, 0.3) is 11.6 Å². The molecule has 1 amide bonds. The molecule has 2 rings (SSSR count). The minimum absolute atomic E-state index is 0.0636. The van der Waals surface area contributed by atoms with Crippen molar-refractivity contribution in [2.24, 2.45) is 0 Å². The lowest BCUT2D eigenvalue weighted by Crippen LogP contribution is -2.13. The van der Waals surface area contributed by atoms with Gasteiger partial charge in [-0.2, -0.15) is 5.26 Å². The zero-order valence-corrected chi connectivity index (χ0v) is 12.4. The van der Waals surface area contributed by atoms with Crippen LogP contribution in [0.5, 0.6) is 0 Å². The van der Waals surface area contributed by atoms with E-state index in [4.69, 9.17) is 16.9 Å². The third kappa shape index (κ3) is 4.40. The van der Waals surface area contributed by atoms with Gasteiger partial charge in [0.15, 0.2) is 0 Å². The van der Waals surface area contributed by atoms with Gasteiger partial charge in [-0.25, -0.2) is 0 Å². The van der Waals surface area contributed by atoms with E-state index >= 15 is 0 Å². The van der Waals surface area contributed by atoms with E-state index in [1.54, 1.807) is 24.3 Å². The molecule has 0 aliphatic heterocycles. The molecular formula is C16H10ClN3O3. The van der Waals surface area contributed by atoms with Crippen molar-refractivity contribution in [2.75, 3.05) is 5.32 Å². The van der Waals surface area contributed by atoms with Crippen LogP contribution in [0, 0.1) is 21.4 Å². The van der Waals surface area contributed by atoms with Gasteiger partial charge in [0.1, 0.15) is 11.6 Å². The summed E-state index contributed by atoms with van der Waals surface area (Å²) >= 11 is 5.76. The lowest BCUT2D eigenvalue weighted by Gasteiger charge is -2.04. The molecule has 0 atom stereocenters. The molecule has 1 N–H and O–H groups in total. The number of non-ortho nitro benzene ring substituents is 1. The molecule has 2 aromatic rings. The highest BCUT2D eigenvalue weighted by atomic mass is 35.5. The number of benzene rings is 2. The summed E-state index contributed by atoms with van der Waals surface area (Å²) in [7, 11) is 0. The average molecular weight is 328 g/mol. The summed E-state index contributed by atoms with van der Waals surface area (Å²) in [6.07, 6.45) is 1.36. The van der Waals surface area contributed by atoms with Gasteiger partial charge in [-0.05, 0) is 48.0 Å². The number of nitrogens with zero attached hydrogens (tertiary/aromatic N) is 2. The van der Waals surface area contributed by atoms with Crippen LogP contribution < -0.4 is 5.32 Å². The molecule has 0 spiro atoms. The third-order valence-electron chi connectivity index (χ3n) is 2.88. The Bertz CT molecular complexity index is 806. The second-order valence-electron chi connectivity index (χ2n) is 4.48. The maximum absolute atomic E-state index is 12.1. The molecule has 23 heavy (non-hydrogen) atoms. The number of amides is 1. The van der Waals surface area contributed by atoms with Crippen LogP contribution in [-0.2, 0) is 4.79 Å². The number of nitriles is 1. The molecule has 0 unspecified atom stereocenters. The van der Waals surface area contributed by atoms with Crippen molar-refractivity contribution in [3.8, 4) is 6.07 Å². The smallest absolute Gasteiger partial charge is 0.269 e. The third-order valence-corrected chi connectivity index (χ3v) is 3.13. The standard InChI is InChI=1S/C16H10ClN3O3/c17-13-3-5-14(6-4-13)19-16(21)12(10-18)9-11-1-7-15(8-2-11)20(22)23/h1-9H,(H,19,21)/b12-9+. The Morgan fingerprint density at radius 1 is 1.17 bits per heavy atom. The highest BCUT2D eigenvalue weighted by Crippen LogP contribution is 2.16. The van der Waals surface area contributed by atoms with Crippen LogP contribution in [0.3, 0.4) is 0 Å². The molecule has 0 heterocycles. The van der Waals surface area contributed by atoms with Crippen molar-refractivity contribution >= 4 is 35.0 Å². The number of halogens is 1. The van der Waals surface area contributed by atoms with Crippen molar-refractivity contribution in [2.45, 2.75) is 0 Å². The van der Waals surface area contributed by atoms with E-state index in [0.29, 0.717) is 16.3 Å². The SMILES string of the molecule is N#C/C(=C\c1ccc([N+](=O)[O-])cc1)C(=O)Nc1ccc(Cl)cc1. The van der Waals surface area contributed by atoms with Gasteiger partial charge in [0, 0.05) is 22.8 Å². The first-order valence-electron chi connectivity index (χ1n) is 6.43. The quantitative estimate of drug-likeness (QED) is 0.400. The lowest BCUT2D eigenvalue weighted by atomic mass is 10.1. The van der Waals surface area contributed by atoms with Gasteiger partial charge in [-0.15, -0.1) is 0 Å². The van der Waals surface area contributed by atoms with Crippen molar-refractivity contribution in [3.05, 3.63) is 74.8 Å². The second kappa shape index (κ2) is 7.20. The molecule has 114 valence electrons. The van der Waals surface area contributed by atoms with Gasteiger partial charge >= 0.3 is 0 Å². The topological polar surface area (TPSA) is 96.0 Å². The summed E-state index contributed by atoms with van der Waals surface area (Å²) < 4.78 is 0. The lowest BCUT2D eigenvalue weighted by molar-refractivity contribution is -0.384. The predicted octanol–water partition coefficient (Wildman–Crippen LogP) is 3.79. The first-order chi connectivity index (χ1) is 11.0. The zero-order chi connectivity index (χ0) is 16.8. The summed E-state index contributed by atoms with van der Waals surface area (Å²) in [6.45, 7) is 0. The molecule has 0 radical (unpaired) electrons. The Morgan fingerprint density at radius 3 is 2.30 bits per heavy atom. The molecule has 0 fully saturated rings. The van der Waals surface area contributed by atoms with Gasteiger partial charge in [0.2, 0.25) is 0 Å². The van der Waals surface area contributed by atoms with E-state index in [2.05, 4.69) is 5.32 Å². The second-order valence-corrected chi connectivity index (χ2v) is 4.92. The predicted molar refractivity (Wildman–Crippen MR) is 86.8 cm³/mol. The molecular weight excluding hydrogens is 318 g/mol. The summed E-state index contributed by atoms with van der Waals surface area (Å²) in [4.78, 5) is 22.1. The molecule has 6 nitrogen and oxygen atoms in total. The summed E-state index contributed by atoms with van der Waals surface area (Å²) in [5.41, 5.74) is 0.836. The van der Waals surface area contributed by atoms with Crippen LogP contribution in [0.1, 0.15) is 5.56 Å². The fourth-order valence-electron chi connectivity index (χ4n) is 1.74. The van der Waals surface area contributed by atoms with E-state index in [9.17, 15) is 14.9 Å². The van der Waals surface area contributed by atoms with Crippen LogP contribution in [-0.4, -0.2) is 10.8 Å². The van der Waals surface area contributed by atoms with Crippen LogP contribution in [0.25, 0.3) is 6.08 Å². The van der Waals surface area contributed by atoms with Crippen molar-refractivity contribution in [1.29, 1.82) is 5.26 Å². The number of nitro groups is 1. The van der Waals surface area contributed by atoms with Gasteiger partial charge in [-0.3, -0.25) is 14.9 Å². The molecule has 2 aromatic carbocycles. The first-order valence-corrected chi connectivity index (χ1v) is 6.80. The highest BCUT2D eigenvalue weighted by molar-refractivity contribution is 6.30. The van der Waals surface area contributed by atoms with Crippen LogP contribution in [0.4, 0.5) is 11.4 Å². The van der Waals surface area contributed by atoms with Crippen molar-refractivity contribution in [1.82, 2.24) is 0 Å². The van der Waals surface area contributed by atoms with Crippen molar-refractivity contribution in [3.63, 3.8) is 0 Å². The van der Waals surface area contributed by atoms with E-state index in [0.717, 1.165) is 0 Å². The molecule has 0 bridgehead atoms. The average Bonchev–Trinajstić information content (AvgIpc) is 2.55. The number of hydrogen-bond donors (Lipinski definition) is 1. The highest BCUT2D eigenvalue weighted by Gasteiger charge is 2.10.